The number of aliphatic imine (C=N–C) groups is 1. The molecule has 2 N–H and O–H groups in total. The number of halogens is 1. The smallest absolute Gasteiger partial charge is 0.191 e. The van der Waals surface area contributed by atoms with Crippen LogP contribution in [0, 0.1) is 0 Å². The quantitative estimate of drug-likeness (QED) is 0.331. The van der Waals surface area contributed by atoms with E-state index in [1.165, 1.54) is 5.57 Å². The molecule has 0 aliphatic carbocycles. The lowest BCUT2D eigenvalue weighted by atomic mass is 10.1. The number of rotatable bonds is 6. The van der Waals surface area contributed by atoms with Gasteiger partial charge in [-0.25, -0.2) is 4.99 Å². The molecule has 0 unspecified atom stereocenters. The molecule has 0 aromatic carbocycles. The predicted molar refractivity (Wildman–Crippen MR) is 95.1 cm³/mol. The van der Waals surface area contributed by atoms with Crippen molar-refractivity contribution in [3.8, 4) is 0 Å². The van der Waals surface area contributed by atoms with E-state index >= 15 is 0 Å². The molecule has 1 aromatic heterocycles. The van der Waals surface area contributed by atoms with Crippen LogP contribution in [0.2, 0.25) is 0 Å². The second-order valence-electron chi connectivity index (χ2n) is 4.64. The van der Waals surface area contributed by atoms with E-state index in [0.717, 1.165) is 50.9 Å². The minimum Gasteiger partial charge on any atom is -0.467 e. The fraction of sp³-hybridized carbons (Fsp3) is 0.533. The van der Waals surface area contributed by atoms with Crippen molar-refractivity contribution < 1.29 is 9.15 Å². The van der Waals surface area contributed by atoms with E-state index in [1.807, 2.05) is 12.1 Å². The number of furan rings is 1. The highest BCUT2D eigenvalue weighted by Gasteiger charge is 2.04. The summed E-state index contributed by atoms with van der Waals surface area (Å²) >= 11 is 0. The summed E-state index contributed by atoms with van der Waals surface area (Å²) in [5.74, 6) is 1.70. The molecule has 0 radical (unpaired) electrons. The molecular formula is C15H24IN3O2. The first-order chi connectivity index (χ1) is 9.88. The Morgan fingerprint density at radius 3 is 2.95 bits per heavy atom. The van der Waals surface area contributed by atoms with Gasteiger partial charge in [0, 0.05) is 13.1 Å². The Morgan fingerprint density at radius 2 is 2.29 bits per heavy atom. The van der Waals surface area contributed by atoms with Crippen LogP contribution >= 0.6 is 24.0 Å². The molecule has 2 heterocycles. The van der Waals surface area contributed by atoms with Crippen LogP contribution in [0.15, 0.2) is 39.5 Å². The van der Waals surface area contributed by atoms with Crippen LogP contribution in [0.25, 0.3) is 0 Å². The molecule has 1 aliphatic heterocycles. The van der Waals surface area contributed by atoms with Crippen molar-refractivity contribution in [2.45, 2.75) is 26.3 Å². The topological polar surface area (TPSA) is 58.8 Å². The highest BCUT2D eigenvalue weighted by atomic mass is 127. The first-order valence-electron chi connectivity index (χ1n) is 7.18. The van der Waals surface area contributed by atoms with Gasteiger partial charge in [-0.2, -0.15) is 0 Å². The minimum atomic E-state index is 0. The number of guanidine groups is 1. The molecule has 0 saturated heterocycles. The summed E-state index contributed by atoms with van der Waals surface area (Å²) in [5.41, 5.74) is 1.46. The maximum absolute atomic E-state index is 5.30. The molecular weight excluding hydrogens is 381 g/mol. The van der Waals surface area contributed by atoms with Crippen LogP contribution in [0.3, 0.4) is 0 Å². The van der Waals surface area contributed by atoms with Crippen molar-refractivity contribution >= 4 is 29.9 Å². The Labute approximate surface area is 143 Å². The Kier molecular flexibility index (Phi) is 9.16. The molecule has 21 heavy (non-hydrogen) atoms. The Hall–Kier alpha value is -1.02. The van der Waals surface area contributed by atoms with Crippen LogP contribution in [-0.2, 0) is 11.3 Å². The van der Waals surface area contributed by atoms with Gasteiger partial charge < -0.3 is 19.8 Å². The largest absolute Gasteiger partial charge is 0.467 e. The number of hydrogen-bond donors (Lipinski definition) is 2. The summed E-state index contributed by atoms with van der Waals surface area (Å²) in [6.07, 6.45) is 5.93. The lowest BCUT2D eigenvalue weighted by Gasteiger charge is -2.15. The van der Waals surface area contributed by atoms with Crippen LogP contribution in [-0.4, -0.2) is 32.3 Å². The Balaban J connectivity index is 0.00000220. The summed E-state index contributed by atoms with van der Waals surface area (Å²) in [7, 11) is 0. The molecule has 0 bridgehead atoms. The summed E-state index contributed by atoms with van der Waals surface area (Å²) in [4.78, 5) is 4.50. The maximum atomic E-state index is 5.30. The van der Waals surface area contributed by atoms with Crippen molar-refractivity contribution in [1.82, 2.24) is 10.6 Å². The summed E-state index contributed by atoms with van der Waals surface area (Å²) in [6.45, 7) is 5.95. The van der Waals surface area contributed by atoms with Gasteiger partial charge in [0.15, 0.2) is 5.96 Å². The van der Waals surface area contributed by atoms with Gasteiger partial charge in [0.1, 0.15) is 12.3 Å². The molecule has 0 fully saturated rings. The van der Waals surface area contributed by atoms with E-state index in [0.29, 0.717) is 6.54 Å². The SMILES string of the molecule is CCNC(=NCc1ccco1)NCCC1=CCOCC1.I. The van der Waals surface area contributed by atoms with Gasteiger partial charge in [-0.3, -0.25) is 0 Å². The van der Waals surface area contributed by atoms with Gasteiger partial charge >= 0.3 is 0 Å². The van der Waals surface area contributed by atoms with Gasteiger partial charge in [-0.05, 0) is 31.9 Å². The molecule has 5 nitrogen and oxygen atoms in total. The van der Waals surface area contributed by atoms with Gasteiger partial charge in [-0.1, -0.05) is 11.6 Å². The molecule has 1 aromatic rings. The first kappa shape index (κ1) is 18.0. The van der Waals surface area contributed by atoms with Crippen molar-refractivity contribution in [3.05, 3.63) is 35.8 Å². The number of ether oxygens (including phenoxy) is 1. The standard InChI is InChI=1S/C15H23N3O2.HI/c1-2-16-15(18-12-14-4-3-9-20-14)17-8-5-13-6-10-19-11-7-13;/h3-4,6,9H,2,5,7-8,10-12H2,1H3,(H2,16,17,18);1H. The van der Waals surface area contributed by atoms with Crippen molar-refractivity contribution in [2.24, 2.45) is 4.99 Å². The van der Waals surface area contributed by atoms with E-state index < -0.39 is 0 Å². The molecule has 0 atom stereocenters. The lowest BCUT2D eigenvalue weighted by molar-refractivity contribution is 0.153. The fourth-order valence-electron chi connectivity index (χ4n) is 2.04. The summed E-state index contributed by atoms with van der Waals surface area (Å²) in [6, 6.07) is 3.81. The average Bonchev–Trinajstić information content (AvgIpc) is 2.99. The highest BCUT2D eigenvalue weighted by Crippen LogP contribution is 2.10. The fourth-order valence-corrected chi connectivity index (χ4v) is 2.04. The van der Waals surface area contributed by atoms with E-state index in [-0.39, 0.29) is 24.0 Å². The zero-order valence-electron chi connectivity index (χ0n) is 12.4. The van der Waals surface area contributed by atoms with Crippen LogP contribution in [0.4, 0.5) is 0 Å². The van der Waals surface area contributed by atoms with Gasteiger partial charge in [-0.15, -0.1) is 24.0 Å². The summed E-state index contributed by atoms with van der Waals surface area (Å²) < 4.78 is 10.6. The van der Waals surface area contributed by atoms with E-state index in [1.54, 1.807) is 6.26 Å². The normalized spacial score (nSPS) is 15.1. The molecule has 0 spiro atoms. The third-order valence-electron chi connectivity index (χ3n) is 3.11. The monoisotopic (exact) mass is 405 g/mol. The average molecular weight is 405 g/mol. The number of nitrogens with one attached hydrogen (secondary N) is 2. The molecule has 0 amide bonds. The molecule has 6 heteroatoms. The van der Waals surface area contributed by atoms with E-state index in [2.05, 4.69) is 28.6 Å². The zero-order valence-corrected chi connectivity index (χ0v) is 14.8. The van der Waals surface area contributed by atoms with E-state index in [9.17, 15) is 0 Å². The molecule has 2 rings (SSSR count). The van der Waals surface area contributed by atoms with Gasteiger partial charge in [0.25, 0.3) is 0 Å². The van der Waals surface area contributed by atoms with Crippen molar-refractivity contribution in [1.29, 1.82) is 0 Å². The lowest BCUT2D eigenvalue weighted by Crippen LogP contribution is -2.37. The summed E-state index contributed by atoms with van der Waals surface area (Å²) in [5, 5.41) is 6.58. The van der Waals surface area contributed by atoms with Gasteiger partial charge in [0.05, 0.1) is 19.5 Å². The minimum absolute atomic E-state index is 0. The molecule has 1 aliphatic rings. The zero-order chi connectivity index (χ0) is 14.0. The Morgan fingerprint density at radius 1 is 1.38 bits per heavy atom. The third kappa shape index (κ3) is 6.99. The predicted octanol–water partition coefficient (Wildman–Crippen LogP) is 2.69. The van der Waals surface area contributed by atoms with Crippen LogP contribution < -0.4 is 10.6 Å². The second kappa shape index (κ2) is 10.7. The second-order valence-corrected chi connectivity index (χ2v) is 4.64. The first-order valence-corrected chi connectivity index (χ1v) is 7.18. The maximum Gasteiger partial charge on any atom is 0.191 e. The number of hydrogen-bond acceptors (Lipinski definition) is 3. The van der Waals surface area contributed by atoms with Crippen LogP contribution in [0.1, 0.15) is 25.5 Å². The highest BCUT2D eigenvalue weighted by molar-refractivity contribution is 14.0. The number of nitrogens with zero attached hydrogens (tertiary/aromatic N) is 1. The van der Waals surface area contributed by atoms with Gasteiger partial charge in [0.2, 0.25) is 0 Å². The van der Waals surface area contributed by atoms with Crippen molar-refractivity contribution in [2.75, 3.05) is 26.3 Å². The molecule has 118 valence electrons. The van der Waals surface area contributed by atoms with Crippen LogP contribution in [0.5, 0.6) is 0 Å². The van der Waals surface area contributed by atoms with Crippen molar-refractivity contribution in [3.63, 3.8) is 0 Å². The van der Waals surface area contributed by atoms with E-state index in [4.69, 9.17) is 9.15 Å². The third-order valence-corrected chi connectivity index (χ3v) is 3.11. The Bertz CT molecular complexity index is 444. The molecule has 0 saturated carbocycles.